The minimum atomic E-state index is -0.812. The minimum absolute atomic E-state index is 0.000307. The van der Waals surface area contributed by atoms with Gasteiger partial charge in [0.25, 0.3) is 11.7 Å². The first-order valence-corrected chi connectivity index (χ1v) is 11.6. The summed E-state index contributed by atoms with van der Waals surface area (Å²) >= 11 is 12.4. The molecule has 3 aromatic rings. The van der Waals surface area contributed by atoms with E-state index in [1.807, 2.05) is 17.7 Å². The number of aliphatic hydroxyl groups excluding tert-OH is 1. The normalized spacial score (nSPS) is 17.4. The summed E-state index contributed by atoms with van der Waals surface area (Å²) in [5, 5.41) is 11.8. The molecule has 2 aromatic carbocycles. The van der Waals surface area contributed by atoms with E-state index in [1.165, 1.54) is 4.90 Å². The molecule has 1 atom stereocenters. The summed E-state index contributed by atoms with van der Waals surface area (Å²) in [5.41, 5.74) is 0.964. The van der Waals surface area contributed by atoms with E-state index in [0.29, 0.717) is 53.0 Å². The number of ether oxygens (including phenoxy) is 1. The third-order valence-electron chi connectivity index (χ3n) is 5.59. The summed E-state index contributed by atoms with van der Waals surface area (Å²) < 4.78 is 7.41. The second-order valence-electron chi connectivity index (χ2n) is 7.78. The molecule has 1 saturated heterocycles. The van der Waals surface area contributed by atoms with Crippen molar-refractivity contribution in [2.24, 2.45) is 0 Å². The highest BCUT2D eigenvalue weighted by molar-refractivity contribution is 6.46. The topological polar surface area (TPSA) is 84.7 Å². The van der Waals surface area contributed by atoms with Crippen LogP contribution >= 0.6 is 23.2 Å². The Morgan fingerprint density at radius 1 is 1.12 bits per heavy atom. The van der Waals surface area contributed by atoms with E-state index < -0.39 is 17.7 Å². The molecule has 0 saturated carbocycles. The number of ketones is 1. The highest BCUT2D eigenvalue weighted by Gasteiger charge is 2.46. The number of aryl methyl sites for hydroxylation is 1. The van der Waals surface area contributed by atoms with Gasteiger partial charge in [0.15, 0.2) is 0 Å². The van der Waals surface area contributed by atoms with Crippen LogP contribution in [0.4, 0.5) is 0 Å². The van der Waals surface area contributed by atoms with E-state index in [9.17, 15) is 14.7 Å². The maximum atomic E-state index is 13.2. The summed E-state index contributed by atoms with van der Waals surface area (Å²) in [4.78, 5) is 31.7. The van der Waals surface area contributed by atoms with Gasteiger partial charge in [-0.15, -0.1) is 0 Å². The standard InChI is InChI=1S/C25H23Cl2N3O4/c1-2-34-18-6-3-5-17(13-18)23(31)21-22(16-7-8-19(26)20(27)14-16)30(25(33)24(21)32)11-4-10-29-12-9-28-15-29/h3,5-9,12-15,22,31H,2,4,10-11H2,1H3/b23-21+. The van der Waals surface area contributed by atoms with Gasteiger partial charge in [0.2, 0.25) is 0 Å². The average molecular weight is 500 g/mol. The van der Waals surface area contributed by atoms with Gasteiger partial charge >= 0.3 is 0 Å². The lowest BCUT2D eigenvalue weighted by Crippen LogP contribution is -2.31. The van der Waals surface area contributed by atoms with Crippen molar-refractivity contribution in [3.63, 3.8) is 0 Å². The van der Waals surface area contributed by atoms with Crippen molar-refractivity contribution in [1.82, 2.24) is 14.5 Å². The predicted molar refractivity (Wildman–Crippen MR) is 130 cm³/mol. The third kappa shape index (κ3) is 4.81. The summed E-state index contributed by atoms with van der Waals surface area (Å²) in [6.45, 7) is 3.22. The monoisotopic (exact) mass is 499 g/mol. The Morgan fingerprint density at radius 3 is 2.65 bits per heavy atom. The van der Waals surface area contributed by atoms with Gasteiger partial charge in [0, 0.05) is 31.0 Å². The highest BCUT2D eigenvalue weighted by atomic mass is 35.5. The number of imidazole rings is 1. The third-order valence-corrected chi connectivity index (χ3v) is 6.33. The minimum Gasteiger partial charge on any atom is -0.507 e. The quantitative estimate of drug-likeness (QED) is 0.264. The molecule has 34 heavy (non-hydrogen) atoms. The van der Waals surface area contributed by atoms with Gasteiger partial charge in [0.05, 0.1) is 34.6 Å². The van der Waals surface area contributed by atoms with Crippen LogP contribution in [0.2, 0.25) is 10.0 Å². The van der Waals surface area contributed by atoms with Gasteiger partial charge in [-0.05, 0) is 43.2 Å². The van der Waals surface area contributed by atoms with Gasteiger partial charge in [-0.3, -0.25) is 9.59 Å². The number of carbonyl (C=O) groups is 2. The number of hydrogen-bond acceptors (Lipinski definition) is 5. The summed E-state index contributed by atoms with van der Waals surface area (Å²) in [6, 6.07) is 10.9. The molecule has 9 heteroatoms. The van der Waals surface area contributed by atoms with Gasteiger partial charge in [-0.25, -0.2) is 4.98 Å². The molecule has 0 radical (unpaired) electrons. The molecule has 0 bridgehead atoms. The number of Topliss-reactive ketones (excluding diaryl/α,β-unsaturated/α-hetero) is 1. The number of halogens is 2. The molecule has 1 unspecified atom stereocenters. The second kappa shape index (κ2) is 10.3. The predicted octanol–water partition coefficient (Wildman–Crippen LogP) is 5.10. The number of likely N-dealkylation sites (tertiary alicyclic amines) is 1. The zero-order chi connectivity index (χ0) is 24.2. The Labute approximate surface area is 207 Å². The summed E-state index contributed by atoms with van der Waals surface area (Å²) in [6.07, 6.45) is 5.78. The Balaban J connectivity index is 1.75. The van der Waals surface area contributed by atoms with Crippen molar-refractivity contribution in [2.75, 3.05) is 13.2 Å². The van der Waals surface area contributed by atoms with E-state index >= 15 is 0 Å². The Hall–Kier alpha value is -3.29. The molecule has 176 valence electrons. The van der Waals surface area contributed by atoms with E-state index in [1.54, 1.807) is 55.0 Å². The fourth-order valence-corrected chi connectivity index (χ4v) is 4.34. The van der Waals surface area contributed by atoms with E-state index in [-0.39, 0.29) is 11.3 Å². The smallest absolute Gasteiger partial charge is 0.295 e. The number of aromatic nitrogens is 2. The molecular weight excluding hydrogens is 477 g/mol. The second-order valence-corrected chi connectivity index (χ2v) is 8.60. The SMILES string of the molecule is CCOc1cccc(/C(O)=C2\C(=O)C(=O)N(CCCn3ccnc3)C2c2ccc(Cl)c(Cl)c2)c1. The van der Waals surface area contributed by atoms with Crippen LogP contribution in [0.1, 0.15) is 30.5 Å². The van der Waals surface area contributed by atoms with Crippen molar-refractivity contribution in [1.29, 1.82) is 0 Å². The Bertz CT molecular complexity index is 1240. The molecule has 7 nitrogen and oxygen atoms in total. The first kappa shape index (κ1) is 23.9. The average Bonchev–Trinajstić information content (AvgIpc) is 3.43. The van der Waals surface area contributed by atoms with Crippen molar-refractivity contribution in [3.05, 3.63) is 87.9 Å². The maximum Gasteiger partial charge on any atom is 0.295 e. The van der Waals surface area contributed by atoms with Crippen LogP contribution < -0.4 is 4.74 Å². The number of benzene rings is 2. The number of rotatable bonds is 8. The van der Waals surface area contributed by atoms with Crippen LogP contribution in [0.15, 0.2) is 66.8 Å². The summed E-state index contributed by atoms with van der Waals surface area (Å²) in [7, 11) is 0. The molecule has 4 rings (SSSR count). The fourth-order valence-electron chi connectivity index (χ4n) is 4.04. The lowest BCUT2D eigenvalue weighted by atomic mass is 9.95. The molecule has 1 aliphatic rings. The zero-order valence-electron chi connectivity index (χ0n) is 18.4. The van der Waals surface area contributed by atoms with Gasteiger partial charge < -0.3 is 19.3 Å². The maximum absolute atomic E-state index is 13.2. The number of carbonyl (C=O) groups excluding carboxylic acids is 2. The lowest BCUT2D eigenvalue weighted by Gasteiger charge is -2.25. The van der Waals surface area contributed by atoms with E-state index in [0.717, 1.165) is 0 Å². The first-order chi connectivity index (χ1) is 16.4. The van der Waals surface area contributed by atoms with Gasteiger partial charge in [-0.2, -0.15) is 0 Å². The fraction of sp³-hybridized carbons (Fsp3) is 0.240. The molecule has 0 aliphatic carbocycles. The van der Waals surface area contributed by atoms with Crippen LogP contribution in [0.5, 0.6) is 5.75 Å². The molecular formula is C25H23Cl2N3O4. The van der Waals surface area contributed by atoms with Crippen molar-refractivity contribution in [3.8, 4) is 5.75 Å². The molecule has 1 aromatic heterocycles. The van der Waals surface area contributed by atoms with Gasteiger partial charge in [-0.1, -0.05) is 41.4 Å². The lowest BCUT2D eigenvalue weighted by molar-refractivity contribution is -0.139. The highest BCUT2D eigenvalue weighted by Crippen LogP contribution is 2.41. The first-order valence-electron chi connectivity index (χ1n) is 10.8. The largest absolute Gasteiger partial charge is 0.507 e. The number of amides is 1. The number of nitrogens with zero attached hydrogens (tertiary/aromatic N) is 3. The number of hydrogen-bond donors (Lipinski definition) is 1. The number of aliphatic hydroxyl groups is 1. The van der Waals surface area contributed by atoms with Crippen LogP contribution in [0, 0.1) is 0 Å². The molecule has 1 N–H and O–H groups in total. The van der Waals surface area contributed by atoms with Crippen LogP contribution in [-0.2, 0) is 16.1 Å². The van der Waals surface area contributed by atoms with E-state index in [4.69, 9.17) is 27.9 Å². The van der Waals surface area contributed by atoms with Crippen LogP contribution in [0.3, 0.4) is 0 Å². The van der Waals surface area contributed by atoms with Crippen LogP contribution in [-0.4, -0.2) is 44.4 Å². The summed E-state index contributed by atoms with van der Waals surface area (Å²) in [5.74, 6) is -1.15. The Morgan fingerprint density at radius 2 is 1.94 bits per heavy atom. The van der Waals surface area contributed by atoms with Crippen LogP contribution in [0.25, 0.3) is 5.76 Å². The molecule has 1 amide bonds. The zero-order valence-corrected chi connectivity index (χ0v) is 20.0. The van der Waals surface area contributed by atoms with Crippen molar-refractivity contribution in [2.45, 2.75) is 25.9 Å². The molecule has 1 aliphatic heterocycles. The molecule has 1 fully saturated rings. The van der Waals surface area contributed by atoms with E-state index in [2.05, 4.69) is 4.98 Å². The Kier molecular flexibility index (Phi) is 7.24. The van der Waals surface area contributed by atoms with Crippen molar-refractivity contribution < 1.29 is 19.4 Å². The molecule has 2 heterocycles. The van der Waals surface area contributed by atoms with Crippen molar-refractivity contribution >= 4 is 40.7 Å². The van der Waals surface area contributed by atoms with Gasteiger partial charge in [0.1, 0.15) is 11.5 Å². The molecule has 0 spiro atoms.